The van der Waals surface area contributed by atoms with Crippen molar-refractivity contribution < 1.29 is 36.3 Å². The van der Waals surface area contributed by atoms with Crippen LogP contribution in [-0.4, -0.2) is 12.0 Å². The number of primary amides is 1. The number of carbonyl (C=O) groups excluding carboxylic acids is 2. The Hall–Kier alpha value is -3.17. The fraction of sp³-hybridized carbons (Fsp3) is 0.0667. The molecule has 0 fully saturated rings. The van der Waals surface area contributed by atoms with Crippen LogP contribution < -0.4 is 11.1 Å². The van der Waals surface area contributed by atoms with Gasteiger partial charge in [0.15, 0.2) is 23.3 Å². The molecule has 0 aliphatic carbocycles. The summed E-state index contributed by atoms with van der Waals surface area (Å²) in [4.78, 5) is 22.6. The van der Waals surface area contributed by atoms with Gasteiger partial charge in [0.05, 0.1) is 11.1 Å². The van der Waals surface area contributed by atoms with Crippen molar-refractivity contribution in [2.75, 3.05) is 5.32 Å². The van der Waals surface area contributed by atoms with E-state index in [1.54, 1.807) is 0 Å². The molecule has 0 heterocycles. The van der Waals surface area contributed by atoms with Gasteiger partial charge in [-0.2, -0.15) is 0 Å². The quantitative estimate of drug-likeness (QED) is 0.380. The number of hydrogen-bond donors (Lipinski definition) is 2. The average Bonchev–Trinajstić information content (AvgIpc) is 2.57. The van der Waals surface area contributed by atoms with Gasteiger partial charge in [0, 0.05) is 5.69 Å². The van der Waals surface area contributed by atoms with E-state index in [4.69, 9.17) is 5.73 Å². The number of urea groups is 1. The molecule has 2 rings (SSSR count). The Kier molecular flexibility index (Phi) is 5.20. The van der Waals surface area contributed by atoms with Gasteiger partial charge in [0.25, 0.3) is 0 Å². The third-order valence-corrected chi connectivity index (χ3v) is 3.01. The summed E-state index contributed by atoms with van der Waals surface area (Å²) >= 11 is 0. The largest absolute Gasteiger partial charge is 0.457 e. The van der Waals surface area contributed by atoms with Crippen molar-refractivity contribution in [2.45, 2.75) is 6.61 Å². The van der Waals surface area contributed by atoms with Crippen LogP contribution in [-0.2, 0) is 11.3 Å². The highest BCUT2D eigenvalue weighted by molar-refractivity contribution is 5.93. The average molecular weight is 360 g/mol. The molecule has 5 nitrogen and oxygen atoms in total. The molecule has 132 valence electrons. The van der Waals surface area contributed by atoms with Crippen molar-refractivity contribution in [2.24, 2.45) is 5.73 Å². The van der Waals surface area contributed by atoms with Crippen LogP contribution >= 0.6 is 0 Å². The van der Waals surface area contributed by atoms with E-state index < -0.39 is 53.3 Å². The first-order valence-corrected chi connectivity index (χ1v) is 6.56. The van der Waals surface area contributed by atoms with Gasteiger partial charge >= 0.3 is 12.0 Å². The lowest BCUT2D eigenvalue weighted by atomic mass is 10.1. The highest BCUT2D eigenvalue weighted by Crippen LogP contribution is 2.24. The summed E-state index contributed by atoms with van der Waals surface area (Å²) in [6.07, 6.45) is 0. The summed E-state index contributed by atoms with van der Waals surface area (Å²) in [5.41, 5.74) is 3.62. The fourth-order valence-corrected chi connectivity index (χ4v) is 1.86. The van der Waals surface area contributed by atoms with Crippen LogP contribution in [0.25, 0.3) is 0 Å². The standard InChI is InChI=1S/C15H9F5N2O3/c16-9-8(10(17)12(19)13(20)11(9)18)5-25-14(23)6-2-1-3-7(4-6)22-15(21)24/h1-4H,5H2,(H3,21,22,24). The molecule has 0 unspecified atom stereocenters. The van der Waals surface area contributed by atoms with Crippen LogP contribution in [0.5, 0.6) is 0 Å². The molecule has 10 heteroatoms. The van der Waals surface area contributed by atoms with Crippen molar-refractivity contribution in [3.05, 3.63) is 64.5 Å². The van der Waals surface area contributed by atoms with Gasteiger partial charge in [-0.3, -0.25) is 0 Å². The van der Waals surface area contributed by atoms with Gasteiger partial charge < -0.3 is 15.8 Å². The molecule has 2 aromatic carbocycles. The van der Waals surface area contributed by atoms with Crippen LogP contribution in [0.3, 0.4) is 0 Å². The fourth-order valence-electron chi connectivity index (χ4n) is 1.86. The number of ether oxygens (including phenoxy) is 1. The summed E-state index contributed by atoms with van der Waals surface area (Å²) in [7, 11) is 0. The zero-order chi connectivity index (χ0) is 18.7. The smallest absolute Gasteiger partial charge is 0.338 e. The molecular formula is C15H9F5N2O3. The predicted molar refractivity (Wildman–Crippen MR) is 75.0 cm³/mol. The van der Waals surface area contributed by atoms with Gasteiger partial charge in [-0.05, 0) is 18.2 Å². The maximum Gasteiger partial charge on any atom is 0.338 e. The lowest BCUT2D eigenvalue weighted by Crippen LogP contribution is -2.19. The number of carbonyl (C=O) groups is 2. The number of esters is 1. The molecular weight excluding hydrogens is 351 g/mol. The maximum atomic E-state index is 13.5. The van der Waals surface area contributed by atoms with E-state index in [0.29, 0.717) is 0 Å². The second-order valence-electron chi connectivity index (χ2n) is 4.69. The summed E-state index contributed by atoms with van der Waals surface area (Å²) in [5.74, 6) is -11.9. The van der Waals surface area contributed by atoms with E-state index >= 15 is 0 Å². The third kappa shape index (κ3) is 3.84. The van der Waals surface area contributed by atoms with Crippen molar-refractivity contribution in [3.63, 3.8) is 0 Å². The number of anilines is 1. The van der Waals surface area contributed by atoms with Crippen LogP contribution in [0.4, 0.5) is 32.4 Å². The minimum atomic E-state index is -2.31. The van der Waals surface area contributed by atoms with Crippen LogP contribution in [0.1, 0.15) is 15.9 Å². The number of nitrogens with one attached hydrogen (secondary N) is 1. The predicted octanol–water partition coefficient (Wildman–Crippen LogP) is 3.23. The van der Waals surface area contributed by atoms with E-state index in [1.807, 2.05) is 0 Å². The number of benzene rings is 2. The lowest BCUT2D eigenvalue weighted by molar-refractivity contribution is 0.0462. The van der Waals surface area contributed by atoms with Crippen LogP contribution in [0.15, 0.2) is 24.3 Å². The highest BCUT2D eigenvalue weighted by Gasteiger charge is 2.26. The van der Waals surface area contributed by atoms with Crippen molar-refractivity contribution in [1.29, 1.82) is 0 Å². The molecule has 0 bridgehead atoms. The van der Waals surface area contributed by atoms with E-state index in [-0.39, 0.29) is 11.3 Å². The van der Waals surface area contributed by atoms with Gasteiger partial charge in [-0.15, -0.1) is 0 Å². The number of hydrogen-bond acceptors (Lipinski definition) is 3. The normalized spacial score (nSPS) is 10.4. The van der Waals surface area contributed by atoms with Gasteiger partial charge in [-0.1, -0.05) is 6.07 Å². The zero-order valence-electron chi connectivity index (χ0n) is 12.2. The van der Waals surface area contributed by atoms with Crippen molar-refractivity contribution >= 4 is 17.7 Å². The van der Waals surface area contributed by atoms with E-state index in [0.717, 1.165) is 6.07 Å². The molecule has 25 heavy (non-hydrogen) atoms. The van der Waals surface area contributed by atoms with E-state index in [9.17, 15) is 31.5 Å². The van der Waals surface area contributed by atoms with Gasteiger partial charge in [0.1, 0.15) is 6.61 Å². The van der Waals surface area contributed by atoms with E-state index in [1.165, 1.54) is 18.2 Å². The topological polar surface area (TPSA) is 81.4 Å². The number of nitrogens with two attached hydrogens (primary N) is 1. The summed E-state index contributed by atoms with van der Waals surface area (Å²) in [6.45, 7) is -1.18. The second kappa shape index (κ2) is 7.16. The first kappa shape index (κ1) is 18.2. The Labute approximate surface area is 137 Å². The summed E-state index contributed by atoms with van der Waals surface area (Å²) < 4.78 is 70.6. The highest BCUT2D eigenvalue weighted by atomic mass is 19.2. The Bertz CT molecular complexity index is 828. The first-order valence-electron chi connectivity index (χ1n) is 6.56. The van der Waals surface area contributed by atoms with E-state index in [2.05, 4.69) is 10.1 Å². The minimum absolute atomic E-state index is 0.137. The number of halogens is 5. The molecule has 0 atom stereocenters. The molecule has 2 aromatic rings. The number of rotatable bonds is 4. The molecule has 2 amide bonds. The summed E-state index contributed by atoms with van der Waals surface area (Å²) in [6, 6.07) is 4.23. The monoisotopic (exact) mass is 360 g/mol. The molecule has 0 spiro atoms. The van der Waals surface area contributed by atoms with Crippen molar-refractivity contribution in [1.82, 2.24) is 0 Å². The molecule has 0 saturated heterocycles. The Morgan fingerprint density at radius 3 is 2.08 bits per heavy atom. The number of amides is 2. The Balaban J connectivity index is 2.20. The lowest BCUT2D eigenvalue weighted by Gasteiger charge is -2.10. The Morgan fingerprint density at radius 1 is 0.960 bits per heavy atom. The van der Waals surface area contributed by atoms with Crippen LogP contribution in [0.2, 0.25) is 0 Å². The molecule has 0 radical (unpaired) electrons. The van der Waals surface area contributed by atoms with Gasteiger partial charge in [0.2, 0.25) is 5.82 Å². The van der Waals surface area contributed by atoms with Gasteiger partial charge in [-0.25, -0.2) is 31.5 Å². The molecule has 3 N–H and O–H groups in total. The third-order valence-electron chi connectivity index (χ3n) is 3.01. The maximum absolute atomic E-state index is 13.5. The molecule has 0 aliphatic rings. The SMILES string of the molecule is NC(=O)Nc1cccc(C(=O)OCc2c(F)c(F)c(F)c(F)c2F)c1. The minimum Gasteiger partial charge on any atom is -0.457 e. The Morgan fingerprint density at radius 2 is 1.52 bits per heavy atom. The molecule has 0 aromatic heterocycles. The van der Waals surface area contributed by atoms with Crippen molar-refractivity contribution in [3.8, 4) is 0 Å². The molecule has 0 saturated carbocycles. The molecule has 0 aliphatic heterocycles. The summed E-state index contributed by atoms with van der Waals surface area (Å²) in [5, 5.41) is 2.18. The second-order valence-corrected chi connectivity index (χ2v) is 4.69. The van der Waals surface area contributed by atoms with Crippen LogP contribution in [0, 0.1) is 29.1 Å². The zero-order valence-corrected chi connectivity index (χ0v) is 12.2. The first-order chi connectivity index (χ1) is 11.7.